The molecule has 35 heavy (non-hydrogen) atoms. The summed E-state index contributed by atoms with van der Waals surface area (Å²) in [5.41, 5.74) is 1.71. The van der Waals surface area contributed by atoms with Crippen LogP contribution in [-0.4, -0.2) is 29.4 Å². The summed E-state index contributed by atoms with van der Waals surface area (Å²) in [5, 5.41) is 6.08. The van der Waals surface area contributed by atoms with Gasteiger partial charge in [-0.3, -0.25) is 10.1 Å². The number of thiophene rings is 1. The lowest BCUT2D eigenvalue weighted by molar-refractivity contribution is 0.0982. The van der Waals surface area contributed by atoms with Crippen LogP contribution in [0.2, 0.25) is 5.02 Å². The van der Waals surface area contributed by atoms with Crippen molar-refractivity contribution < 1.29 is 17.6 Å². The van der Waals surface area contributed by atoms with E-state index in [9.17, 15) is 17.6 Å². The fourth-order valence-electron chi connectivity index (χ4n) is 3.18. The summed E-state index contributed by atoms with van der Waals surface area (Å²) in [6.07, 6.45) is 0. The predicted molar refractivity (Wildman–Crippen MR) is 139 cm³/mol. The molecule has 0 aliphatic heterocycles. The van der Waals surface area contributed by atoms with Gasteiger partial charge in [0.2, 0.25) is 5.95 Å². The van der Waals surface area contributed by atoms with E-state index in [0.717, 1.165) is 11.3 Å². The number of nitrogens with one attached hydrogen (secondary N) is 3. The van der Waals surface area contributed by atoms with Crippen molar-refractivity contribution in [1.82, 2.24) is 15.3 Å². The molecule has 0 fully saturated rings. The smallest absolute Gasteiger partial charge is 0.269 e. The number of anilines is 2. The van der Waals surface area contributed by atoms with Crippen molar-refractivity contribution in [3.63, 3.8) is 0 Å². The van der Waals surface area contributed by atoms with Gasteiger partial charge in [0.05, 0.1) is 9.92 Å². The van der Waals surface area contributed by atoms with Crippen molar-refractivity contribution in [2.24, 2.45) is 0 Å². The van der Waals surface area contributed by atoms with Gasteiger partial charge in [-0.05, 0) is 74.6 Å². The Bertz CT molecular complexity index is 1550. The molecule has 13 heteroatoms. The molecule has 0 unspecified atom stereocenters. The van der Waals surface area contributed by atoms with Gasteiger partial charge in [0.15, 0.2) is 5.11 Å². The Morgan fingerprint density at radius 1 is 1.06 bits per heavy atom. The Morgan fingerprint density at radius 2 is 1.71 bits per heavy atom. The van der Waals surface area contributed by atoms with Crippen molar-refractivity contribution in [2.75, 3.05) is 10.0 Å². The molecule has 0 aliphatic carbocycles. The van der Waals surface area contributed by atoms with Crippen LogP contribution in [0.3, 0.4) is 0 Å². The van der Waals surface area contributed by atoms with E-state index in [4.69, 9.17) is 23.8 Å². The monoisotopic (exact) mass is 549 g/mol. The fraction of sp³-hybridized carbons (Fsp3) is 0.0909. The van der Waals surface area contributed by atoms with E-state index in [1.165, 1.54) is 42.5 Å². The highest BCUT2D eigenvalue weighted by Gasteiger charge is 2.19. The largest absolute Gasteiger partial charge is 0.332 e. The molecule has 0 radical (unpaired) electrons. The quantitative estimate of drug-likeness (QED) is 0.299. The minimum absolute atomic E-state index is 0.00921. The summed E-state index contributed by atoms with van der Waals surface area (Å²) >= 11 is 12.5. The normalized spacial score (nSPS) is 11.3. The number of rotatable bonds is 5. The van der Waals surface area contributed by atoms with Gasteiger partial charge in [0, 0.05) is 27.2 Å². The van der Waals surface area contributed by atoms with Crippen molar-refractivity contribution in [3.8, 4) is 0 Å². The summed E-state index contributed by atoms with van der Waals surface area (Å²) in [6.45, 7) is 3.48. The molecule has 0 aliphatic rings. The maximum absolute atomic E-state index is 13.5. The topological polar surface area (TPSA) is 113 Å². The van der Waals surface area contributed by atoms with Crippen LogP contribution >= 0.6 is 35.2 Å². The zero-order chi connectivity index (χ0) is 25.3. The van der Waals surface area contributed by atoms with E-state index in [1.807, 2.05) is 0 Å². The third kappa shape index (κ3) is 5.73. The number of carbonyl (C=O) groups excluding carboxylic acids is 1. The average Bonchev–Trinajstić information content (AvgIpc) is 3.08. The van der Waals surface area contributed by atoms with E-state index in [2.05, 4.69) is 25.3 Å². The number of hydrogen-bond acceptors (Lipinski definition) is 7. The summed E-state index contributed by atoms with van der Waals surface area (Å²) in [7, 11) is -3.91. The third-order valence-corrected chi connectivity index (χ3v) is 7.86. The lowest BCUT2D eigenvalue weighted by Gasteiger charge is -2.11. The van der Waals surface area contributed by atoms with Crippen molar-refractivity contribution >= 4 is 77.9 Å². The molecule has 0 spiro atoms. The Hall–Kier alpha value is -3.19. The van der Waals surface area contributed by atoms with Gasteiger partial charge in [-0.15, -0.1) is 11.3 Å². The third-order valence-electron chi connectivity index (χ3n) is 4.66. The van der Waals surface area contributed by atoms with Crippen LogP contribution in [-0.2, 0) is 10.0 Å². The van der Waals surface area contributed by atoms with Gasteiger partial charge in [-0.25, -0.2) is 27.5 Å². The molecule has 0 saturated heterocycles. The van der Waals surface area contributed by atoms with E-state index >= 15 is 0 Å². The van der Waals surface area contributed by atoms with Crippen molar-refractivity contribution in [1.29, 1.82) is 0 Å². The van der Waals surface area contributed by atoms with Gasteiger partial charge in [0.25, 0.3) is 15.9 Å². The summed E-state index contributed by atoms with van der Waals surface area (Å²) in [5.74, 6) is -0.996. The molecule has 1 amide bonds. The van der Waals surface area contributed by atoms with E-state index in [0.29, 0.717) is 27.2 Å². The minimum Gasteiger partial charge on any atom is -0.332 e. The van der Waals surface area contributed by atoms with Gasteiger partial charge >= 0.3 is 0 Å². The first kappa shape index (κ1) is 24.9. The Morgan fingerprint density at radius 3 is 2.37 bits per heavy atom. The van der Waals surface area contributed by atoms with Crippen LogP contribution in [0.15, 0.2) is 53.4 Å². The highest BCUT2D eigenvalue weighted by molar-refractivity contribution is 7.92. The molecule has 3 N–H and O–H groups in total. The molecular formula is C22H17ClFN5O3S3. The lowest BCUT2D eigenvalue weighted by Crippen LogP contribution is -2.33. The highest BCUT2D eigenvalue weighted by atomic mass is 35.5. The molecule has 8 nitrogen and oxygen atoms in total. The van der Waals surface area contributed by atoms with Gasteiger partial charge in [-0.2, -0.15) is 0 Å². The van der Waals surface area contributed by atoms with E-state index < -0.39 is 21.7 Å². The Kier molecular flexibility index (Phi) is 6.99. The number of hydrogen-bond donors (Lipinski definition) is 3. The molecule has 2 aromatic heterocycles. The predicted octanol–water partition coefficient (Wildman–Crippen LogP) is 5.03. The van der Waals surface area contributed by atoms with Crippen LogP contribution < -0.4 is 15.4 Å². The maximum atomic E-state index is 13.5. The van der Waals surface area contributed by atoms with Crippen LogP contribution in [0.5, 0.6) is 0 Å². The number of halogens is 2. The van der Waals surface area contributed by atoms with Gasteiger partial charge in [0.1, 0.15) is 10.7 Å². The number of thiocarbonyl (C=S) groups is 1. The number of nitrogens with zero attached hydrogens (tertiary/aromatic N) is 2. The Labute approximate surface area is 214 Å². The second-order valence-corrected chi connectivity index (χ2v) is 10.9. The molecule has 0 atom stereocenters. The maximum Gasteiger partial charge on any atom is 0.269 e. The number of benzene rings is 2. The lowest BCUT2D eigenvalue weighted by atomic mass is 10.2. The first-order chi connectivity index (χ1) is 16.5. The number of fused-ring (bicyclic) bond motifs is 1. The number of amides is 1. The average molecular weight is 550 g/mol. The van der Waals surface area contributed by atoms with Crippen LogP contribution in [0.4, 0.5) is 16.0 Å². The molecular weight excluding hydrogens is 533 g/mol. The first-order valence-electron chi connectivity index (χ1n) is 9.97. The van der Waals surface area contributed by atoms with E-state index in [-0.39, 0.29) is 25.9 Å². The van der Waals surface area contributed by atoms with Crippen molar-refractivity contribution in [2.45, 2.75) is 18.7 Å². The highest BCUT2D eigenvalue weighted by Crippen LogP contribution is 2.35. The molecule has 0 saturated carbocycles. The van der Waals surface area contributed by atoms with Crippen LogP contribution in [0, 0.1) is 19.7 Å². The SMILES string of the molecule is Cc1cc(C)nc(NS(=O)(=O)c2ccc(NC(=S)NC(=O)c3sc4cc(F)ccc4c3Cl)cc2)n1. The summed E-state index contributed by atoms with van der Waals surface area (Å²) in [6, 6.07) is 11.5. The second-order valence-electron chi connectivity index (χ2n) is 7.40. The van der Waals surface area contributed by atoms with Crippen LogP contribution in [0.1, 0.15) is 21.1 Å². The minimum atomic E-state index is -3.91. The van der Waals surface area contributed by atoms with Gasteiger partial charge < -0.3 is 5.32 Å². The number of aromatic nitrogens is 2. The fourth-order valence-corrected chi connectivity index (χ4v) is 5.77. The molecule has 0 bridgehead atoms. The second kappa shape index (κ2) is 9.82. The van der Waals surface area contributed by atoms with Crippen molar-refractivity contribution in [3.05, 3.63) is 75.6 Å². The first-order valence-corrected chi connectivity index (χ1v) is 13.1. The molecule has 2 heterocycles. The van der Waals surface area contributed by atoms with Gasteiger partial charge in [-0.1, -0.05) is 11.6 Å². The zero-order valence-corrected chi connectivity index (χ0v) is 21.4. The molecule has 180 valence electrons. The Balaban J connectivity index is 1.42. The molecule has 4 aromatic rings. The molecule has 4 rings (SSSR count). The summed E-state index contributed by atoms with van der Waals surface area (Å²) < 4.78 is 41.7. The summed E-state index contributed by atoms with van der Waals surface area (Å²) in [4.78, 5) is 21.0. The number of aryl methyl sites for hydroxylation is 2. The number of carbonyl (C=O) groups is 1. The standard InChI is InChI=1S/C22H17ClFN5O3S3/c1-11-9-12(2)26-21(25-11)29-35(31,32)15-6-4-14(5-7-15)27-22(33)28-20(30)19-18(23)16-8-3-13(24)10-17(16)34-19/h3-10H,1-2H3,(H,25,26,29)(H2,27,28,30,33). The zero-order valence-electron chi connectivity index (χ0n) is 18.2. The van der Waals surface area contributed by atoms with E-state index in [1.54, 1.807) is 19.9 Å². The number of sulfonamides is 1. The van der Waals surface area contributed by atoms with Crippen LogP contribution in [0.25, 0.3) is 10.1 Å². The molecule has 2 aromatic carbocycles.